The van der Waals surface area contributed by atoms with Crippen LogP contribution in [0.2, 0.25) is 0 Å². The van der Waals surface area contributed by atoms with Gasteiger partial charge in [-0.3, -0.25) is 0 Å². The minimum atomic E-state index is -0.879. The van der Waals surface area contributed by atoms with Gasteiger partial charge in [0.25, 0.3) is 0 Å². The molecule has 1 N–H and O–H groups in total. The molecule has 0 fully saturated rings. The van der Waals surface area contributed by atoms with E-state index in [1.54, 1.807) is 7.11 Å². The fourth-order valence-corrected chi connectivity index (χ4v) is 4.66. The number of rotatable bonds is 26. The monoisotopic (exact) mass is 506 g/mol. The summed E-state index contributed by atoms with van der Waals surface area (Å²) < 4.78 is 17.3. The van der Waals surface area contributed by atoms with Crippen molar-refractivity contribution in [3.05, 3.63) is 30.3 Å². The number of hydrogen-bond donors (Lipinski definition) is 1. The molecule has 4 nitrogen and oxygen atoms in total. The van der Waals surface area contributed by atoms with Gasteiger partial charge in [0.1, 0.15) is 12.4 Å². The molecule has 0 aromatic heterocycles. The number of para-hydroxylation sites is 1. The van der Waals surface area contributed by atoms with E-state index in [9.17, 15) is 5.11 Å². The zero-order valence-corrected chi connectivity index (χ0v) is 24.0. The first-order valence-electron chi connectivity index (χ1n) is 15.1. The van der Waals surface area contributed by atoms with Crippen molar-refractivity contribution in [2.24, 2.45) is 0 Å². The van der Waals surface area contributed by atoms with Crippen LogP contribution in [0.5, 0.6) is 5.75 Å². The molecule has 0 radical (unpaired) electrons. The molecular weight excluding hydrogens is 448 g/mol. The fraction of sp³-hybridized carbons (Fsp3) is 0.812. The summed E-state index contributed by atoms with van der Waals surface area (Å²) in [5, 5.41) is 11.0. The Hall–Kier alpha value is -1.10. The van der Waals surface area contributed by atoms with Crippen molar-refractivity contribution in [2.75, 3.05) is 26.9 Å². The van der Waals surface area contributed by atoms with Gasteiger partial charge in [-0.15, -0.1) is 0 Å². The quantitative estimate of drug-likeness (QED) is 0.127. The summed E-state index contributed by atoms with van der Waals surface area (Å²) in [6, 6.07) is 9.73. The Bertz CT molecular complexity index is 579. The molecule has 0 spiro atoms. The summed E-state index contributed by atoms with van der Waals surface area (Å²) in [5.41, 5.74) is -0.879. The lowest BCUT2D eigenvalue weighted by Crippen LogP contribution is -2.40. The molecule has 0 heterocycles. The summed E-state index contributed by atoms with van der Waals surface area (Å²) in [7, 11) is 1.67. The molecule has 2 unspecified atom stereocenters. The number of methoxy groups -OCH3 is 1. The van der Waals surface area contributed by atoms with Crippen molar-refractivity contribution in [1.29, 1.82) is 0 Å². The Balaban J connectivity index is 1.96. The highest BCUT2D eigenvalue weighted by Gasteiger charge is 2.29. The van der Waals surface area contributed by atoms with Crippen LogP contribution < -0.4 is 4.74 Å². The molecule has 0 saturated carbocycles. The van der Waals surface area contributed by atoms with E-state index in [1.165, 1.54) is 96.3 Å². The zero-order valence-electron chi connectivity index (χ0n) is 24.0. The van der Waals surface area contributed by atoms with Gasteiger partial charge in [-0.05, 0) is 25.0 Å². The van der Waals surface area contributed by atoms with Crippen LogP contribution in [0.25, 0.3) is 0 Å². The van der Waals surface area contributed by atoms with Gasteiger partial charge >= 0.3 is 0 Å². The van der Waals surface area contributed by atoms with Crippen LogP contribution in [0, 0.1) is 0 Å². The Morgan fingerprint density at radius 2 is 1.22 bits per heavy atom. The predicted molar refractivity (Wildman–Crippen MR) is 153 cm³/mol. The summed E-state index contributed by atoms with van der Waals surface area (Å²) in [6.07, 6.45) is 22.9. The molecule has 1 aromatic carbocycles. The lowest BCUT2D eigenvalue weighted by Gasteiger charge is -2.30. The number of ether oxygens (including phenoxy) is 3. The largest absolute Gasteiger partial charge is 0.491 e. The Morgan fingerprint density at radius 1 is 0.722 bits per heavy atom. The molecule has 4 heteroatoms. The molecule has 0 aliphatic rings. The highest BCUT2D eigenvalue weighted by molar-refractivity contribution is 5.20. The molecule has 2 atom stereocenters. The topological polar surface area (TPSA) is 47.9 Å². The second-order valence-electron chi connectivity index (χ2n) is 10.6. The smallest absolute Gasteiger partial charge is 0.119 e. The van der Waals surface area contributed by atoms with Crippen molar-refractivity contribution in [1.82, 2.24) is 0 Å². The fourth-order valence-electron chi connectivity index (χ4n) is 4.66. The van der Waals surface area contributed by atoms with E-state index < -0.39 is 5.60 Å². The van der Waals surface area contributed by atoms with E-state index >= 15 is 0 Å². The first kappa shape index (κ1) is 32.9. The molecule has 0 bridgehead atoms. The first-order valence-corrected chi connectivity index (χ1v) is 15.1. The van der Waals surface area contributed by atoms with E-state index in [0.717, 1.165) is 18.8 Å². The summed E-state index contributed by atoms with van der Waals surface area (Å²) >= 11 is 0. The average Bonchev–Trinajstić information content (AvgIpc) is 2.91. The van der Waals surface area contributed by atoms with E-state index in [1.807, 2.05) is 37.3 Å². The first-order chi connectivity index (χ1) is 17.6. The van der Waals surface area contributed by atoms with Crippen LogP contribution in [0.15, 0.2) is 30.3 Å². The predicted octanol–water partition coefficient (Wildman–Crippen LogP) is 8.89. The Kier molecular flexibility index (Phi) is 21.1. The molecule has 1 rings (SSSR count). The van der Waals surface area contributed by atoms with Crippen LogP contribution in [0.1, 0.15) is 129 Å². The van der Waals surface area contributed by atoms with E-state index in [0.29, 0.717) is 26.1 Å². The normalized spacial score (nSPS) is 14.0. The third-order valence-electron chi connectivity index (χ3n) is 7.29. The van der Waals surface area contributed by atoms with Gasteiger partial charge < -0.3 is 19.3 Å². The van der Waals surface area contributed by atoms with Gasteiger partial charge in [0.05, 0.1) is 18.3 Å². The van der Waals surface area contributed by atoms with E-state index in [2.05, 4.69) is 6.92 Å². The van der Waals surface area contributed by atoms with Crippen LogP contribution in [0.3, 0.4) is 0 Å². The maximum absolute atomic E-state index is 11.0. The molecule has 0 saturated heterocycles. The highest BCUT2D eigenvalue weighted by atomic mass is 16.5. The van der Waals surface area contributed by atoms with Gasteiger partial charge in [0.15, 0.2) is 0 Å². The van der Waals surface area contributed by atoms with Gasteiger partial charge in [0.2, 0.25) is 0 Å². The van der Waals surface area contributed by atoms with Crippen LogP contribution >= 0.6 is 0 Å². The van der Waals surface area contributed by atoms with Crippen LogP contribution in [-0.2, 0) is 9.47 Å². The maximum Gasteiger partial charge on any atom is 0.119 e. The van der Waals surface area contributed by atoms with E-state index in [4.69, 9.17) is 14.2 Å². The maximum atomic E-state index is 11.0. The van der Waals surface area contributed by atoms with Crippen LogP contribution in [0.4, 0.5) is 0 Å². The van der Waals surface area contributed by atoms with Crippen molar-refractivity contribution < 1.29 is 19.3 Å². The molecule has 0 aliphatic carbocycles. The highest BCUT2D eigenvalue weighted by Crippen LogP contribution is 2.21. The second-order valence-corrected chi connectivity index (χ2v) is 10.6. The standard InChI is InChI=1S/C32H58O4/c1-4-6-7-8-9-10-11-12-13-14-15-16-17-18-19-23-26-35-29-32(33,5-2)27-31(34-3)28-36-30-24-21-20-22-25-30/h20-22,24-25,31,33H,4-19,23,26-29H2,1-3H3. The molecule has 36 heavy (non-hydrogen) atoms. The third-order valence-corrected chi connectivity index (χ3v) is 7.29. The Morgan fingerprint density at radius 3 is 1.69 bits per heavy atom. The Labute approximate surface area is 223 Å². The van der Waals surface area contributed by atoms with Gasteiger partial charge in [-0.25, -0.2) is 0 Å². The molecule has 1 aromatic rings. The minimum Gasteiger partial charge on any atom is -0.491 e. The van der Waals surface area contributed by atoms with Crippen LogP contribution in [-0.4, -0.2) is 43.7 Å². The van der Waals surface area contributed by atoms with Gasteiger partial charge in [-0.1, -0.05) is 128 Å². The molecular formula is C32H58O4. The number of benzene rings is 1. The van der Waals surface area contributed by atoms with Gasteiger partial charge in [0, 0.05) is 20.1 Å². The van der Waals surface area contributed by atoms with Gasteiger partial charge in [-0.2, -0.15) is 0 Å². The number of hydrogen-bond acceptors (Lipinski definition) is 4. The summed E-state index contributed by atoms with van der Waals surface area (Å²) in [4.78, 5) is 0. The van der Waals surface area contributed by atoms with Crippen molar-refractivity contribution in [2.45, 2.75) is 141 Å². The second kappa shape index (κ2) is 23.0. The zero-order chi connectivity index (χ0) is 26.2. The minimum absolute atomic E-state index is 0.172. The number of unbranched alkanes of at least 4 members (excludes halogenated alkanes) is 15. The van der Waals surface area contributed by atoms with Crippen molar-refractivity contribution >= 4 is 0 Å². The average molecular weight is 507 g/mol. The lowest BCUT2D eigenvalue weighted by atomic mass is 9.94. The summed E-state index contributed by atoms with van der Waals surface area (Å²) in [6.45, 7) is 5.78. The van der Waals surface area contributed by atoms with Crippen molar-refractivity contribution in [3.63, 3.8) is 0 Å². The summed E-state index contributed by atoms with van der Waals surface area (Å²) in [5.74, 6) is 0.819. The van der Waals surface area contributed by atoms with Crippen molar-refractivity contribution in [3.8, 4) is 5.75 Å². The van der Waals surface area contributed by atoms with E-state index in [-0.39, 0.29) is 6.10 Å². The molecule has 0 aliphatic heterocycles. The number of aliphatic hydroxyl groups is 1. The third kappa shape index (κ3) is 18.2. The SMILES string of the molecule is CCCCCCCCCCCCCCCCCCOCC(O)(CC)CC(COc1ccccc1)OC. The molecule has 210 valence electrons. The lowest BCUT2D eigenvalue weighted by molar-refractivity contribution is -0.0874. The molecule has 0 amide bonds.